The van der Waals surface area contributed by atoms with Gasteiger partial charge in [-0.15, -0.1) is 0 Å². The Morgan fingerprint density at radius 3 is 2.69 bits per heavy atom. The summed E-state index contributed by atoms with van der Waals surface area (Å²) in [6.07, 6.45) is 2.38. The highest BCUT2D eigenvalue weighted by molar-refractivity contribution is 6.31. The molecule has 0 aliphatic carbocycles. The molecule has 0 spiro atoms. The maximum absolute atomic E-state index is 8.70. The molecular formula is C9H15ClN2O. The van der Waals surface area contributed by atoms with E-state index in [9.17, 15) is 0 Å². The van der Waals surface area contributed by atoms with Crippen molar-refractivity contribution in [2.75, 3.05) is 6.61 Å². The molecule has 3 nitrogen and oxygen atoms in total. The molecule has 0 amide bonds. The van der Waals surface area contributed by atoms with E-state index >= 15 is 0 Å². The molecule has 1 aromatic rings. The van der Waals surface area contributed by atoms with Crippen molar-refractivity contribution in [2.24, 2.45) is 7.05 Å². The number of aliphatic hydroxyl groups excluding tert-OH is 1. The van der Waals surface area contributed by atoms with Crippen molar-refractivity contribution in [1.82, 2.24) is 9.78 Å². The van der Waals surface area contributed by atoms with Crippen LogP contribution in [0.2, 0.25) is 5.02 Å². The molecule has 1 aromatic heterocycles. The van der Waals surface area contributed by atoms with E-state index in [0.717, 1.165) is 35.7 Å². The number of hydrogen-bond acceptors (Lipinski definition) is 2. The average molecular weight is 203 g/mol. The molecule has 1 heterocycles. The maximum Gasteiger partial charge on any atom is 0.0849 e. The zero-order valence-electron chi connectivity index (χ0n) is 8.05. The van der Waals surface area contributed by atoms with E-state index in [-0.39, 0.29) is 6.61 Å². The van der Waals surface area contributed by atoms with E-state index in [1.165, 1.54) is 0 Å². The van der Waals surface area contributed by atoms with Crippen LogP contribution in [0.3, 0.4) is 0 Å². The number of aromatic nitrogens is 2. The Morgan fingerprint density at radius 1 is 1.54 bits per heavy atom. The summed E-state index contributed by atoms with van der Waals surface area (Å²) >= 11 is 6.10. The molecule has 74 valence electrons. The van der Waals surface area contributed by atoms with Gasteiger partial charge in [-0.1, -0.05) is 18.5 Å². The van der Waals surface area contributed by atoms with Crippen LogP contribution in [0.1, 0.15) is 24.7 Å². The predicted molar refractivity (Wildman–Crippen MR) is 53.0 cm³/mol. The molecule has 4 heteroatoms. The molecule has 0 aliphatic heterocycles. The smallest absolute Gasteiger partial charge is 0.0849 e. The Balaban J connectivity index is 2.85. The number of aryl methyl sites for hydroxylation is 2. The van der Waals surface area contributed by atoms with E-state index in [0.29, 0.717) is 0 Å². The van der Waals surface area contributed by atoms with Crippen molar-refractivity contribution < 1.29 is 5.11 Å². The Morgan fingerprint density at radius 2 is 2.23 bits per heavy atom. The minimum Gasteiger partial charge on any atom is -0.396 e. The third-order valence-electron chi connectivity index (χ3n) is 2.07. The minimum absolute atomic E-state index is 0.197. The summed E-state index contributed by atoms with van der Waals surface area (Å²) in [7, 11) is 1.89. The van der Waals surface area contributed by atoms with Crippen LogP contribution in [0.15, 0.2) is 0 Å². The molecule has 0 saturated carbocycles. The monoisotopic (exact) mass is 202 g/mol. The normalized spacial score (nSPS) is 10.8. The van der Waals surface area contributed by atoms with Gasteiger partial charge in [0.05, 0.1) is 16.4 Å². The maximum atomic E-state index is 8.70. The van der Waals surface area contributed by atoms with Crippen molar-refractivity contribution in [1.29, 1.82) is 0 Å². The molecule has 0 unspecified atom stereocenters. The lowest BCUT2D eigenvalue weighted by atomic mass is 10.2. The highest BCUT2D eigenvalue weighted by atomic mass is 35.5. The van der Waals surface area contributed by atoms with Crippen molar-refractivity contribution in [3.8, 4) is 0 Å². The van der Waals surface area contributed by atoms with Gasteiger partial charge < -0.3 is 5.11 Å². The summed E-state index contributed by atoms with van der Waals surface area (Å²) in [6.45, 7) is 2.23. The van der Waals surface area contributed by atoms with Crippen LogP contribution in [0.4, 0.5) is 0 Å². The van der Waals surface area contributed by atoms with Crippen LogP contribution < -0.4 is 0 Å². The lowest BCUT2D eigenvalue weighted by Crippen LogP contribution is -1.99. The van der Waals surface area contributed by atoms with Gasteiger partial charge in [-0.25, -0.2) is 0 Å². The number of halogens is 1. The molecule has 0 saturated heterocycles. The van der Waals surface area contributed by atoms with Gasteiger partial charge in [0, 0.05) is 13.7 Å². The Kier molecular flexibility index (Phi) is 3.75. The summed E-state index contributed by atoms with van der Waals surface area (Å²) < 4.78 is 1.80. The van der Waals surface area contributed by atoms with Gasteiger partial charge >= 0.3 is 0 Å². The second-order valence-electron chi connectivity index (χ2n) is 3.01. The largest absolute Gasteiger partial charge is 0.396 e. The zero-order chi connectivity index (χ0) is 9.84. The molecule has 1 rings (SSSR count). The SMILES string of the molecule is CCc1nn(C)c(CCCO)c1Cl. The fraction of sp³-hybridized carbons (Fsp3) is 0.667. The van der Waals surface area contributed by atoms with Gasteiger partial charge in [0.1, 0.15) is 0 Å². The van der Waals surface area contributed by atoms with Gasteiger partial charge in [-0.05, 0) is 19.3 Å². The van der Waals surface area contributed by atoms with Crippen molar-refractivity contribution >= 4 is 11.6 Å². The highest BCUT2D eigenvalue weighted by Crippen LogP contribution is 2.21. The van der Waals surface area contributed by atoms with Crippen LogP contribution in [0.5, 0.6) is 0 Å². The van der Waals surface area contributed by atoms with E-state index in [4.69, 9.17) is 16.7 Å². The molecule has 0 bridgehead atoms. The molecule has 0 fully saturated rings. The summed E-state index contributed by atoms with van der Waals surface area (Å²) in [5.41, 5.74) is 1.96. The number of hydrogen-bond donors (Lipinski definition) is 1. The molecular weight excluding hydrogens is 188 g/mol. The van der Waals surface area contributed by atoms with Gasteiger partial charge in [0.25, 0.3) is 0 Å². The van der Waals surface area contributed by atoms with Gasteiger partial charge in [0.15, 0.2) is 0 Å². The fourth-order valence-corrected chi connectivity index (χ4v) is 1.73. The fourth-order valence-electron chi connectivity index (χ4n) is 1.34. The van der Waals surface area contributed by atoms with E-state index in [1.807, 2.05) is 14.0 Å². The Bertz CT molecular complexity index is 283. The van der Waals surface area contributed by atoms with Gasteiger partial charge in [-0.2, -0.15) is 5.10 Å². The number of rotatable bonds is 4. The third-order valence-corrected chi connectivity index (χ3v) is 2.51. The second-order valence-corrected chi connectivity index (χ2v) is 3.39. The van der Waals surface area contributed by atoms with Crippen molar-refractivity contribution in [2.45, 2.75) is 26.2 Å². The average Bonchev–Trinajstić information content (AvgIpc) is 2.39. The van der Waals surface area contributed by atoms with Crippen molar-refractivity contribution in [3.63, 3.8) is 0 Å². The molecule has 0 aromatic carbocycles. The molecule has 0 atom stereocenters. The summed E-state index contributed by atoms with van der Waals surface area (Å²) in [6, 6.07) is 0. The topological polar surface area (TPSA) is 38.0 Å². The Labute approximate surface area is 83.3 Å². The summed E-state index contributed by atoms with van der Waals surface area (Å²) in [4.78, 5) is 0. The lowest BCUT2D eigenvalue weighted by molar-refractivity contribution is 0.287. The molecule has 13 heavy (non-hydrogen) atoms. The van der Waals surface area contributed by atoms with E-state index in [2.05, 4.69) is 5.10 Å². The summed E-state index contributed by atoms with van der Waals surface area (Å²) in [5, 5.41) is 13.7. The Hall–Kier alpha value is -0.540. The molecule has 1 N–H and O–H groups in total. The van der Waals surface area contributed by atoms with E-state index in [1.54, 1.807) is 4.68 Å². The summed E-state index contributed by atoms with van der Waals surface area (Å²) in [5.74, 6) is 0. The van der Waals surface area contributed by atoms with Crippen LogP contribution >= 0.6 is 11.6 Å². The second kappa shape index (κ2) is 4.63. The first kappa shape index (κ1) is 10.5. The van der Waals surface area contributed by atoms with E-state index < -0.39 is 0 Å². The van der Waals surface area contributed by atoms with Crippen LogP contribution in [0, 0.1) is 0 Å². The van der Waals surface area contributed by atoms with Crippen LogP contribution in [-0.4, -0.2) is 21.5 Å². The quantitative estimate of drug-likeness (QED) is 0.805. The first-order valence-electron chi connectivity index (χ1n) is 4.51. The van der Waals surface area contributed by atoms with Crippen LogP contribution in [-0.2, 0) is 19.9 Å². The first-order valence-corrected chi connectivity index (χ1v) is 4.89. The molecule has 0 radical (unpaired) electrons. The van der Waals surface area contributed by atoms with Crippen LogP contribution in [0.25, 0.3) is 0 Å². The highest BCUT2D eigenvalue weighted by Gasteiger charge is 2.11. The standard InChI is InChI=1S/C9H15ClN2O/c1-3-7-9(10)8(5-4-6-13)12(2)11-7/h13H,3-6H2,1-2H3. The van der Waals surface area contributed by atoms with Gasteiger partial charge in [-0.3, -0.25) is 4.68 Å². The van der Waals surface area contributed by atoms with Crippen molar-refractivity contribution in [3.05, 3.63) is 16.4 Å². The minimum atomic E-state index is 0.197. The van der Waals surface area contributed by atoms with Gasteiger partial charge in [0.2, 0.25) is 0 Å². The first-order chi connectivity index (χ1) is 6.20. The number of nitrogens with zero attached hydrogens (tertiary/aromatic N) is 2. The zero-order valence-corrected chi connectivity index (χ0v) is 8.80. The lowest BCUT2D eigenvalue weighted by Gasteiger charge is -1.99. The third kappa shape index (κ3) is 2.23. The predicted octanol–water partition coefficient (Wildman–Crippen LogP) is 1.56. The molecule has 0 aliphatic rings. The number of aliphatic hydroxyl groups is 1.